The van der Waals surface area contributed by atoms with Crippen LogP contribution in [0.25, 0.3) is 0 Å². The maximum Gasteiger partial charge on any atom is 0.306 e. The molecule has 0 bridgehead atoms. The second kappa shape index (κ2) is 61.1. The van der Waals surface area contributed by atoms with Crippen molar-refractivity contribution in [3.8, 4) is 0 Å². The Labute approximate surface area is 503 Å². The van der Waals surface area contributed by atoms with Gasteiger partial charge in [-0.05, 0) is 70.3 Å². The van der Waals surface area contributed by atoms with E-state index in [-0.39, 0.29) is 31.5 Å². The summed E-state index contributed by atoms with van der Waals surface area (Å²) >= 11 is 0. The lowest BCUT2D eigenvalue weighted by Gasteiger charge is -2.30. The molecule has 0 saturated carbocycles. The minimum Gasteiger partial charge on any atom is -0.756 e. The van der Waals surface area contributed by atoms with Crippen LogP contribution in [0.5, 0.6) is 0 Å². The number of esters is 1. The van der Waals surface area contributed by atoms with Crippen LogP contribution in [-0.4, -0.2) is 69.4 Å². The molecular formula is C71H135N2O7P. The normalized spacial score (nSPS) is 13.8. The molecule has 0 heterocycles. The van der Waals surface area contributed by atoms with Crippen molar-refractivity contribution in [2.24, 2.45) is 0 Å². The van der Waals surface area contributed by atoms with E-state index in [1.807, 2.05) is 33.3 Å². The first-order chi connectivity index (χ1) is 39.4. The van der Waals surface area contributed by atoms with Crippen molar-refractivity contribution in [1.82, 2.24) is 5.32 Å². The van der Waals surface area contributed by atoms with Crippen LogP contribution in [0, 0.1) is 0 Å². The number of phosphoric acid groups is 1. The lowest BCUT2D eigenvalue weighted by molar-refractivity contribution is -0.870. The van der Waals surface area contributed by atoms with Crippen LogP contribution in [0.4, 0.5) is 0 Å². The van der Waals surface area contributed by atoms with Crippen molar-refractivity contribution in [2.45, 2.75) is 354 Å². The number of nitrogens with zero attached hydrogens (tertiary/aromatic N) is 1. The molecule has 0 saturated heterocycles. The lowest BCUT2D eigenvalue weighted by Crippen LogP contribution is -2.47. The van der Waals surface area contributed by atoms with Crippen LogP contribution < -0.4 is 10.2 Å². The van der Waals surface area contributed by atoms with Crippen molar-refractivity contribution < 1.29 is 37.3 Å². The van der Waals surface area contributed by atoms with Gasteiger partial charge >= 0.3 is 5.97 Å². The largest absolute Gasteiger partial charge is 0.756 e. The molecule has 0 aliphatic heterocycles. The van der Waals surface area contributed by atoms with E-state index in [1.165, 1.54) is 225 Å². The molecular weight excluding hydrogens is 1020 g/mol. The van der Waals surface area contributed by atoms with Gasteiger partial charge in [0.05, 0.1) is 33.8 Å². The van der Waals surface area contributed by atoms with Gasteiger partial charge in [0.25, 0.3) is 7.82 Å². The Morgan fingerprint density at radius 2 is 0.753 bits per heavy atom. The molecule has 0 aromatic rings. The molecule has 10 heteroatoms. The van der Waals surface area contributed by atoms with E-state index < -0.39 is 20.0 Å². The third-order valence-electron chi connectivity index (χ3n) is 15.8. The van der Waals surface area contributed by atoms with E-state index in [2.05, 4.69) is 62.5 Å². The first-order valence-electron chi connectivity index (χ1n) is 34.9. The standard InChI is InChI=1S/C71H135N2O7P/c1-7-10-13-16-19-22-25-27-29-31-33-34-35-36-37-38-40-41-43-45-48-51-54-57-60-63-70(74)72-68(67-79-81(76,77)78-66-65-73(4,5)6)69(62-59-56-53-50-47-24-21-18-15-12-9-3)80-71(75)64-61-58-55-52-49-46-44-42-39-32-30-28-26-23-20-17-14-11-8-2/h20,23,28,30,39,42,59,62,68-69H,7-19,21-22,24-27,29,31-38,40-41,43-58,60-61,63-67H2,1-6H3,(H-,72,74,76,77)/b23-20-,30-28-,42-39-,62-59+. The van der Waals surface area contributed by atoms with Crippen LogP contribution in [0.15, 0.2) is 48.6 Å². The molecule has 0 aliphatic carbocycles. The Bertz CT molecular complexity index is 1520. The first-order valence-corrected chi connectivity index (χ1v) is 36.4. The molecule has 476 valence electrons. The zero-order valence-corrected chi connectivity index (χ0v) is 55.4. The molecule has 0 aliphatic rings. The van der Waals surface area contributed by atoms with Crippen molar-refractivity contribution in [2.75, 3.05) is 40.9 Å². The maximum atomic E-state index is 13.6. The summed E-state index contributed by atoms with van der Waals surface area (Å²) in [5.74, 6) is -0.541. The molecule has 0 aromatic heterocycles. The van der Waals surface area contributed by atoms with Gasteiger partial charge in [0.1, 0.15) is 19.3 Å². The number of carbonyl (C=O) groups excluding carboxylic acids is 2. The van der Waals surface area contributed by atoms with Gasteiger partial charge in [0.2, 0.25) is 5.91 Å². The van der Waals surface area contributed by atoms with Gasteiger partial charge in [0, 0.05) is 12.8 Å². The third kappa shape index (κ3) is 62.3. The molecule has 0 fully saturated rings. The number of ether oxygens (including phenoxy) is 1. The fraction of sp³-hybridized carbons (Fsp3) is 0.859. The molecule has 9 nitrogen and oxygen atoms in total. The van der Waals surface area contributed by atoms with E-state index in [0.717, 1.165) is 83.5 Å². The Morgan fingerprint density at radius 3 is 1.15 bits per heavy atom. The molecule has 1 N–H and O–H groups in total. The molecule has 0 aromatic carbocycles. The molecule has 0 spiro atoms. The molecule has 3 atom stereocenters. The zero-order chi connectivity index (χ0) is 59.3. The third-order valence-corrected chi connectivity index (χ3v) is 16.7. The number of hydrogen-bond acceptors (Lipinski definition) is 7. The van der Waals surface area contributed by atoms with Crippen molar-refractivity contribution in [3.05, 3.63) is 48.6 Å². The quantitative estimate of drug-likeness (QED) is 0.0212. The first kappa shape index (κ1) is 79.0. The Balaban J connectivity index is 5.02. The number of hydrogen-bond donors (Lipinski definition) is 1. The summed E-state index contributed by atoms with van der Waals surface area (Å²) in [4.78, 5) is 40.1. The number of allylic oxidation sites excluding steroid dienone is 7. The molecule has 0 radical (unpaired) electrons. The number of likely N-dealkylation sites (N-methyl/N-ethyl adjacent to an activating group) is 1. The highest BCUT2D eigenvalue weighted by Crippen LogP contribution is 2.38. The second-order valence-electron chi connectivity index (χ2n) is 25.0. The SMILES string of the molecule is CCCCC/C=C\C/C=C\C/C=C\CCCCCCCCC(=O)OC(/C=C/CCCCCCCCCCC)C(COP(=O)([O-])OCC[N+](C)(C)C)NC(=O)CCCCCCCCCCCCCCCCCCCCCCCCCCC. The summed E-state index contributed by atoms with van der Waals surface area (Å²) in [5.41, 5.74) is 0. The summed E-state index contributed by atoms with van der Waals surface area (Å²) < 4.78 is 30.4. The van der Waals surface area contributed by atoms with Gasteiger partial charge in [-0.2, -0.15) is 0 Å². The number of quaternary nitrogens is 1. The molecule has 3 unspecified atom stereocenters. The number of nitrogens with one attached hydrogen (secondary N) is 1. The van der Waals surface area contributed by atoms with E-state index in [9.17, 15) is 19.0 Å². The average Bonchev–Trinajstić information content (AvgIpc) is 3.44. The zero-order valence-electron chi connectivity index (χ0n) is 54.5. The van der Waals surface area contributed by atoms with Crippen molar-refractivity contribution in [1.29, 1.82) is 0 Å². The van der Waals surface area contributed by atoms with Crippen LogP contribution in [0.1, 0.15) is 342 Å². The summed E-state index contributed by atoms with van der Waals surface area (Å²) in [6.45, 7) is 6.85. The lowest BCUT2D eigenvalue weighted by atomic mass is 10.0. The van der Waals surface area contributed by atoms with Gasteiger partial charge in [0.15, 0.2) is 0 Å². The fourth-order valence-corrected chi connectivity index (χ4v) is 11.1. The highest BCUT2D eigenvalue weighted by molar-refractivity contribution is 7.45. The van der Waals surface area contributed by atoms with Crippen molar-refractivity contribution >= 4 is 19.7 Å². The monoisotopic (exact) mass is 1160 g/mol. The Kier molecular flexibility index (Phi) is 59.5. The predicted octanol–water partition coefficient (Wildman–Crippen LogP) is 21.4. The van der Waals surface area contributed by atoms with Crippen LogP contribution in [0.3, 0.4) is 0 Å². The van der Waals surface area contributed by atoms with E-state index in [1.54, 1.807) is 0 Å². The van der Waals surface area contributed by atoms with Crippen molar-refractivity contribution in [3.63, 3.8) is 0 Å². The highest BCUT2D eigenvalue weighted by Gasteiger charge is 2.27. The average molecular weight is 1160 g/mol. The van der Waals surface area contributed by atoms with Crippen LogP contribution in [-0.2, 0) is 27.9 Å². The summed E-state index contributed by atoms with van der Waals surface area (Å²) in [6, 6.07) is -0.892. The van der Waals surface area contributed by atoms with E-state index in [4.69, 9.17) is 13.8 Å². The topological polar surface area (TPSA) is 114 Å². The Hall–Kier alpha value is -2.03. The van der Waals surface area contributed by atoms with E-state index in [0.29, 0.717) is 17.4 Å². The number of carbonyl (C=O) groups is 2. The van der Waals surface area contributed by atoms with Crippen LogP contribution in [0.2, 0.25) is 0 Å². The molecule has 81 heavy (non-hydrogen) atoms. The van der Waals surface area contributed by atoms with Gasteiger partial charge in [-0.25, -0.2) is 0 Å². The minimum absolute atomic E-state index is 0.0232. The minimum atomic E-state index is -4.70. The van der Waals surface area contributed by atoms with Gasteiger partial charge in [-0.1, -0.05) is 307 Å². The highest BCUT2D eigenvalue weighted by atomic mass is 31.2. The predicted molar refractivity (Wildman–Crippen MR) is 349 cm³/mol. The number of phosphoric ester groups is 1. The van der Waals surface area contributed by atoms with E-state index >= 15 is 0 Å². The number of rotatable bonds is 64. The summed E-state index contributed by atoms with van der Waals surface area (Å²) in [7, 11) is 1.19. The van der Waals surface area contributed by atoms with Crippen LogP contribution >= 0.6 is 7.82 Å². The van der Waals surface area contributed by atoms with Gasteiger partial charge < -0.3 is 28.5 Å². The summed E-state index contributed by atoms with van der Waals surface area (Å²) in [6.07, 6.45) is 76.7. The molecule has 1 amide bonds. The summed E-state index contributed by atoms with van der Waals surface area (Å²) in [5, 5.41) is 3.04. The van der Waals surface area contributed by atoms with Gasteiger partial charge in [-0.15, -0.1) is 0 Å². The number of unbranched alkanes of at least 4 members (excludes halogenated alkanes) is 42. The van der Waals surface area contributed by atoms with Gasteiger partial charge in [-0.3, -0.25) is 14.2 Å². The second-order valence-corrected chi connectivity index (χ2v) is 26.5. The smallest absolute Gasteiger partial charge is 0.306 e. The number of amides is 1. The fourth-order valence-electron chi connectivity index (χ4n) is 10.4. The molecule has 0 rings (SSSR count). The maximum absolute atomic E-state index is 13.6. The Morgan fingerprint density at radius 1 is 0.432 bits per heavy atom.